The summed E-state index contributed by atoms with van der Waals surface area (Å²) in [6.45, 7) is 0.498. The second-order valence-corrected chi connectivity index (χ2v) is 6.97. The van der Waals surface area contributed by atoms with Crippen LogP contribution in [0.25, 0.3) is 6.08 Å². The van der Waals surface area contributed by atoms with Gasteiger partial charge in [0.05, 0.1) is 12.0 Å². The fourth-order valence-electron chi connectivity index (χ4n) is 2.42. The van der Waals surface area contributed by atoms with Crippen LogP contribution in [0.4, 0.5) is 0 Å². The van der Waals surface area contributed by atoms with Crippen molar-refractivity contribution in [1.82, 2.24) is 10.8 Å². The third-order valence-electron chi connectivity index (χ3n) is 3.91. The zero-order valence-electron chi connectivity index (χ0n) is 15.6. The molecular formula is C21H24N2O4S. The van der Waals surface area contributed by atoms with Gasteiger partial charge < -0.3 is 10.1 Å². The summed E-state index contributed by atoms with van der Waals surface area (Å²) in [7, 11) is 0. The van der Waals surface area contributed by atoms with Crippen molar-refractivity contribution in [3.05, 3.63) is 71.8 Å². The number of amides is 2. The second kappa shape index (κ2) is 11.8. The number of rotatable bonds is 10. The lowest BCUT2D eigenvalue weighted by Crippen LogP contribution is -2.31. The Hall–Kier alpha value is -2.77. The zero-order chi connectivity index (χ0) is 20.2. The summed E-state index contributed by atoms with van der Waals surface area (Å²) in [5.41, 5.74) is 2.92. The van der Waals surface area contributed by atoms with Gasteiger partial charge in [-0.3, -0.25) is 14.8 Å². The minimum absolute atomic E-state index is 0.00662. The van der Waals surface area contributed by atoms with Crippen molar-refractivity contribution < 1.29 is 19.5 Å². The molecule has 1 atom stereocenters. The number of hydrogen-bond donors (Lipinski definition) is 3. The van der Waals surface area contributed by atoms with E-state index in [2.05, 4.69) is 5.32 Å². The molecule has 2 amide bonds. The highest BCUT2D eigenvalue weighted by Gasteiger charge is 2.09. The van der Waals surface area contributed by atoms with E-state index in [0.717, 1.165) is 18.4 Å². The van der Waals surface area contributed by atoms with Gasteiger partial charge >= 0.3 is 0 Å². The number of hydroxylamine groups is 1. The van der Waals surface area contributed by atoms with Gasteiger partial charge in [-0.05, 0) is 55.0 Å². The summed E-state index contributed by atoms with van der Waals surface area (Å²) < 4.78 is 5.65. The first kappa shape index (κ1) is 21.5. The number of carbonyl (C=O) groups is 2. The zero-order valence-corrected chi connectivity index (χ0v) is 16.4. The molecule has 6 nitrogen and oxygen atoms in total. The van der Waals surface area contributed by atoms with Crippen molar-refractivity contribution in [1.29, 1.82) is 0 Å². The molecule has 0 saturated heterocycles. The van der Waals surface area contributed by atoms with Crippen molar-refractivity contribution >= 4 is 29.7 Å². The van der Waals surface area contributed by atoms with Gasteiger partial charge in [0.2, 0.25) is 5.91 Å². The van der Waals surface area contributed by atoms with Crippen LogP contribution in [-0.4, -0.2) is 35.3 Å². The number of nitrogens with one attached hydrogen (secondary N) is 2. The quantitative estimate of drug-likeness (QED) is 0.187. The van der Waals surface area contributed by atoms with Crippen molar-refractivity contribution in [2.24, 2.45) is 0 Å². The minimum atomic E-state index is -0.564. The molecule has 2 rings (SSSR count). The van der Waals surface area contributed by atoms with Crippen LogP contribution in [0.2, 0.25) is 0 Å². The molecule has 0 aromatic heterocycles. The lowest BCUT2D eigenvalue weighted by Gasteiger charge is -2.15. The van der Waals surface area contributed by atoms with Crippen molar-refractivity contribution in [3.8, 4) is 5.75 Å². The van der Waals surface area contributed by atoms with Gasteiger partial charge in [0.15, 0.2) is 0 Å². The lowest BCUT2D eigenvalue weighted by molar-refractivity contribution is -0.116. The fourth-order valence-corrected chi connectivity index (χ4v) is 3.05. The third kappa shape index (κ3) is 7.46. The Bertz CT molecular complexity index is 779. The molecule has 0 aliphatic heterocycles. The van der Waals surface area contributed by atoms with Crippen LogP contribution >= 0.6 is 11.8 Å². The monoisotopic (exact) mass is 400 g/mol. The summed E-state index contributed by atoms with van der Waals surface area (Å²) in [6, 6.07) is 16.2. The third-order valence-corrected chi connectivity index (χ3v) is 4.83. The average molecular weight is 401 g/mol. The molecule has 28 heavy (non-hydrogen) atoms. The Morgan fingerprint density at radius 2 is 1.86 bits per heavy atom. The van der Waals surface area contributed by atoms with Crippen LogP contribution in [-0.2, 0) is 4.79 Å². The van der Waals surface area contributed by atoms with E-state index in [1.807, 2.05) is 36.6 Å². The van der Waals surface area contributed by atoms with Gasteiger partial charge in [-0.25, -0.2) is 5.48 Å². The predicted octanol–water partition coefficient (Wildman–Crippen LogP) is 3.48. The van der Waals surface area contributed by atoms with E-state index in [-0.39, 0.29) is 11.3 Å². The average Bonchev–Trinajstić information content (AvgIpc) is 2.75. The van der Waals surface area contributed by atoms with Crippen LogP contribution in [0.5, 0.6) is 5.75 Å². The van der Waals surface area contributed by atoms with Crippen LogP contribution < -0.4 is 15.5 Å². The minimum Gasteiger partial charge on any atom is -0.494 e. The molecule has 0 fully saturated rings. The predicted molar refractivity (Wildman–Crippen MR) is 111 cm³/mol. The Labute approximate surface area is 168 Å². The van der Waals surface area contributed by atoms with Crippen LogP contribution in [0.15, 0.2) is 60.7 Å². The molecule has 0 bridgehead atoms. The van der Waals surface area contributed by atoms with Gasteiger partial charge in [-0.1, -0.05) is 30.3 Å². The van der Waals surface area contributed by atoms with Crippen LogP contribution in [0, 0.1) is 0 Å². The smallest absolute Gasteiger partial charge is 0.274 e. The highest BCUT2D eigenvalue weighted by Crippen LogP contribution is 2.15. The van der Waals surface area contributed by atoms with E-state index in [1.165, 1.54) is 0 Å². The van der Waals surface area contributed by atoms with Crippen molar-refractivity contribution in [2.45, 2.75) is 18.2 Å². The maximum atomic E-state index is 12.1. The molecule has 1 unspecified atom stereocenters. The van der Waals surface area contributed by atoms with Crippen molar-refractivity contribution in [2.75, 3.05) is 12.9 Å². The fraction of sp³-hybridized carbons (Fsp3) is 0.238. The SMILES string of the molecule is CSC(CCCOc1ccc(C(=O)NO)cc1)NC(=O)/C=C/c1ccccc1. The molecule has 0 radical (unpaired) electrons. The largest absolute Gasteiger partial charge is 0.494 e. The Balaban J connectivity index is 1.71. The summed E-state index contributed by atoms with van der Waals surface area (Å²) in [5, 5.41) is 11.6. The topological polar surface area (TPSA) is 87.7 Å². The molecular weight excluding hydrogens is 376 g/mol. The molecule has 7 heteroatoms. The van der Waals surface area contributed by atoms with Gasteiger partial charge in [-0.15, -0.1) is 11.8 Å². The molecule has 0 aliphatic carbocycles. The van der Waals surface area contributed by atoms with E-state index in [9.17, 15) is 9.59 Å². The van der Waals surface area contributed by atoms with E-state index in [0.29, 0.717) is 17.9 Å². The molecule has 0 aliphatic rings. The number of ether oxygens (including phenoxy) is 1. The van der Waals surface area contributed by atoms with Crippen molar-refractivity contribution in [3.63, 3.8) is 0 Å². The first-order chi connectivity index (χ1) is 13.6. The Morgan fingerprint density at radius 1 is 1.14 bits per heavy atom. The Morgan fingerprint density at radius 3 is 2.50 bits per heavy atom. The summed E-state index contributed by atoms with van der Waals surface area (Å²) in [6.07, 6.45) is 6.83. The maximum Gasteiger partial charge on any atom is 0.274 e. The highest BCUT2D eigenvalue weighted by atomic mass is 32.2. The Kier molecular flexibility index (Phi) is 9.10. The molecule has 0 spiro atoms. The number of benzene rings is 2. The van der Waals surface area contributed by atoms with E-state index in [1.54, 1.807) is 53.7 Å². The van der Waals surface area contributed by atoms with Gasteiger partial charge in [0.25, 0.3) is 5.91 Å². The molecule has 148 valence electrons. The summed E-state index contributed by atoms with van der Waals surface area (Å²) in [4.78, 5) is 23.3. The highest BCUT2D eigenvalue weighted by molar-refractivity contribution is 7.99. The first-order valence-corrected chi connectivity index (χ1v) is 10.1. The molecule has 0 heterocycles. The van der Waals surface area contributed by atoms with Gasteiger partial charge in [0, 0.05) is 11.6 Å². The normalized spacial score (nSPS) is 11.8. The summed E-state index contributed by atoms with van der Waals surface area (Å²) >= 11 is 1.58. The standard InChI is InChI=1S/C21H24N2O4S/c1-28-20(22-19(24)14-9-16-6-3-2-4-7-16)8-5-15-27-18-12-10-17(11-13-18)21(25)23-26/h2-4,6-7,9-14,20,26H,5,8,15H2,1H3,(H,22,24)(H,23,25)/b14-9+. The molecule has 3 N–H and O–H groups in total. The maximum absolute atomic E-state index is 12.1. The molecule has 0 saturated carbocycles. The first-order valence-electron chi connectivity index (χ1n) is 8.86. The lowest BCUT2D eigenvalue weighted by atomic mass is 10.2. The number of thioether (sulfide) groups is 1. The van der Waals surface area contributed by atoms with Gasteiger partial charge in [-0.2, -0.15) is 0 Å². The number of hydrogen-bond acceptors (Lipinski definition) is 5. The van der Waals surface area contributed by atoms with E-state index in [4.69, 9.17) is 9.94 Å². The van der Waals surface area contributed by atoms with E-state index < -0.39 is 5.91 Å². The van der Waals surface area contributed by atoms with Gasteiger partial charge in [0.1, 0.15) is 5.75 Å². The second-order valence-electron chi connectivity index (χ2n) is 5.93. The number of carbonyl (C=O) groups excluding carboxylic acids is 2. The van der Waals surface area contributed by atoms with Crippen LogP contribution in [0.1, 0.15) is 28.8 Å². The molecule has 2 aromatic rings. The van der Waals surface area contributed by atoms with E-state index >= 15 is 0 Å². The van der Waals surface area contributed by atoms with Crippen LogP contribution in [0.3, 0.4) is 0 Å². The molecule has 2 aromatic carbocycles. The summed E-state index contributed by atoms with van der Waals surface area (Å²) in [5.74, 6) is -0.0432.